The van der Waals surface area contributed by atoms with Gasteiger partial charge in [0.05, 0.1) is 12.0 Å². The highest BCUT2D eigenvalue weighted by Crippen LogP contribution is 2.27. The summed E-state index contributed by atoms with van der Waals surface area (Å²) in [6, 6.07) is 5.60. The summed E-state index contributed by atoms with van der Waals surface area (Å²) < 4.78 is 11.1. The minimum Gasteiger partial charge on any atom is -0.480 e. The quantitative estimate of drug-likeness (QED) is 0.609. The molecule has 1 aromatic carbocycles. The Morgan fingerprint density at radius 1 is 1.33 bits per heavy atom. The Hall–Kier alpha value is -2.57. The van der Waals surface area contributed by atoms with Crippen LogP contribution < -0.4 is 10.4 Å². The van der Waals surface area contributed by atoms with E-state index in [2.05, 4.69) is 0 Å². The predicted octanol–water partition coefficient (Wildman–Crippen LogP) is 1.56. The summed E-state index contributed by atoms with van der Waals surface area (Å²) in [6.07, 6.45) is 0. The molecule has 0 amide bonds. The van der Waals surface area contributed by atoms with Crippen LogP contribution in [0, 0.1) is 10.1 Å². The first-order chi connectivity index (χ1) is 8.54. The number of nitrogens with zero attached hydrogens (tertiary/aromatic N) is 2. The average Bonchev–Trinajstić information content (AvgIpc) is 2.63. The van der Waals surface area contributed by atoms with Crippen molar-refractivity contribution in [1.82, 2.24) is 4.74 Å². The monoisotopic (exact) mass is 250 g/mol. The molecule has 0 unspecified atom stereocenters. The van der Waals surface area contributed by atoms with Crippen LogP contribution in [0.3, 0.4) is 0 Å². The molecule has 0 aliphatic rings. The van der Waals surface area contributed by atoms with Crippen molar-refractivity contribution < 1.29 is 14.2 Å². The molecule has 0 saturated carbocycles. The zero-order chi connectivity index (χ0) is 13.3. The van der Waals surface area contributed by atoms with Gasteiger partial charge in [0.1, 0.15) is 5.56 Å². The lowest BCUT2D eigenvalue weighted by molar-refractivity contribution is -0.384. The van der Waals surface area contributed by atoms with Crippen LogP contribution in [-0.2, 0) is 7.05 Å². The molecule has 94 valence electrons. The number of ether oxygens (including phenoxy) is 1. The number of aromatic nitrogens is 1. The maximum Gasteiger partial charge on any atom is 0.369 e. The Morgan fingerprint density at radius 2 is 1.94 bits per heavy atom. The number of non-ortho nitro benzene ring substituents is 1. The lowest BCUT2D eigenvalue weighted by Crippen LogP contribution is -1.98. The number of aryl methyl sites for hydroxylation is 1. The van der Waals surface area contributed by atoms with Gasteiger partial charge >= 0.3 is 5.63 Å². The predicted molar refractivity (Wildman–Crippen MR) is 62.6 cm³/mol. The van der Waals surface area contributed by atoms with Crippen LogP contribution >= 0.6 is 0 Å². The topological polar surface area (TPSA) is 87.5 Å². The molecule has 2 rings (SSSR count). The Bertz CT molecular complexity index is 638. The fourth-order valence-corrected chi connectivity index (χ4v) is 1.68. The van der Waals surface area contributed by atoms with E-state index in [1.807, 2.05) is 0 Å². The van der Waals surface area contributed by atoms with Crippen molar-refractivity contribution >= 4 is 5.69 Å². The lowest BCUT2D eigenvalue weighted by Gasteiger charge is -2.01. The number of rotatable bonds is 3. The molecule has 7 heteroatoms. The minimum atomic E-state index is -0.553. The van der Waals surface area contributed by atoms with E-state index in [1.54, 1.807) is 0 Å². The van der Waals surface area contributed by atoms with E-state index in [0.29, 0.717) is 5.56 Å². The second-order valence-electron chi connectivity index (χ2n) is 3.56. The highest BCUT2D eigenvalue weighted by molar-refractivity contribution is 5.68. The number of hydrogen-bond donors (Lipinski definition) is 0. The van der Waals surface area contributed by atoms with Gasteiger partial charge in [0.2, 0.25) is 5.88 Å². The highest BCUT2D eigenvalue weighted by atomic mass is 16.6. The zero-order valence-corrected chi connectivity index (χ0v) is 9.75. The molecule has 0 atom stereocenters. The molecule has 7 nitrogen and oxygen atoms in total. The van der Waals surface area contributed by atoms with Gasteiger partial charge in [-0.2, -0.15) is 4.74 Å². The van der Waals surface area contributed by atoms with Gasteiger partial charge in [0.25, 0.3) is 5.69 Å². The van der Waals surface area contributed by atoms with Gasteiger partial charge in [-0.1, -0.05) is 0 Å². The number of hydrogen-bond acceptors (Lipinski definition) is 5. The Balaban J connectivity index is 2.55. The van der Waals surface area contributed by atoms with Crippen molar-refractivity contribution in [3.05, 3.63) is 44.8 Å². The largest absolute Gasteiger partial charge is 0.480 e. The summed E-state index contributed by atoms with van der Waals surface area (Å²) >= 11 is 0. The van der Waals surface area contributed by atoms with E-state index >= 15 is 0 Å². The van der Waals surface area contributed by atoms with Crippen molar-refractivity contribution in [2.45, 2.75) is 0 Å². The summed E-state index contributed by atoms with van der Waals surface area (Å²) in [5.41, 5.74) is 0.155. The van der Waals surface area contributed by atoms with Crippen molar-refractivity contribution in [3.63, 3.8) is 0 Å². The molecule has 0 aliphatic heterocycles. The van der Waals surface area contributed by atoms with E-state index < -0.39 is 10.5 Å². The second-order valence-corrected chi connectivity index (χ2v) is 3.56. The second kappa shape index (κ2) is 4.36. The lowest BCUT2D eigenvalue weighted by atomic mass is 10.1. The molecule has 0 saturated heterocycles. The molecular weight excluding hydrogens is 240 g/mol. The fraction of sp³-hybridized carbons (Fsp3) is 0.182. The average molecular weight is 250 g/mol. The first-order valence-electron chi connectivity index (χ1n) is 5.03. The van der Waals surface area contributed by atoms with E-state index in [9.17, 15) is 14.9 Å². The molecule has 2 aromatic rings. The van der Waals surface area contributed by atoms with Crippen LogP contribution in [0.4, 0.5) is 5.69 Å². The van der Waals surface area contributed by atoms with Crippen LogP contribution in [0.1, 0.15) is 0 Å². The van der Waals surface area contributed by atoms with Gasteiger partial charge in [0, 0.05) is 19.2 Å². The molecule has 0 N–H and O–H groups in total. The molecule has 1 aromatic heterocycles. The molecular formula is C11H10N2O5. The summed E-state index contributed by atoms with van der Waals surface area (Å²) in [7, 11) is 2.95. The maximum atomic E-state index is 11.6. The highest BCUT2D eigenvalue weighted by Gasteiger charge is 2.18. The van der Waals surface area contributed by atoms with Gasteiger partial charge < -0.3 is 9.26 Å². The van der Waals surface area contributed by atoms with Gasteiger partial charge in [-0.3, -0.25) is 10.1 Å². The van der Waals surface area contributed by atoms with Gasteiger partial charge in [-0.25, -0.2) is 4.79 Å². The van der Waals surface area contributed by atoms with Crippen molar-refractivity contribution in [1.29, 1.82) is 0 Å². The fourth-order valence-electron chi connectivity index (χ4n) is 1.68. The molecule has 0 aliphatic carbocycles. The first kappa shape index (κ1) is 11.9. The van der Waals surface area contributed by atoms with E-state index in [0.717, 1.165) is 0 Å². The molecule has 18 heavy (non-hydrogen) atoms. The summed E-state index contributed by atoms with van der Waals surface area (Å²) in [5, 5.41) is 10.5. The molecule has 0 fully saturated rings. The van der Waals surface area contributed by atoms with Crippen LogP contribution in [0.5, 0.6) is 5.88 Å². The zero-order valence-electron chi connectivity index (χ0n) is 9.75. The normalized spacial score (nSPS) is 10.3. The Kier molecular flexibility index (Phi) is 2.88. The van der Waals surface area contributed by atoms with E-state index in [1.165, 1.54) is 43.2 Å². The molecule has 0 radical (unpaired) electrons. The van der Waals surface area contributed by atoms with Crippen molar-refractivity contribution in [2.24, 2.45) is 7.05 Å². The van der Waals surface area contributed by atoms with Gasteiger partial charge in [0.15, 0.2) is 0 Å². The van der Waals surface area contributed by atoms with Crippen LogP contribution in [0.2, 0.25) is 0 Å². The summed E-state index contributed by atoms with van der Waals surface area (Å²) in [5.74, 6) is 0.272. The third-order valence-electron chi connectivity index (χ3n) is 2.48. The van der Waals surface area contributed by atoms with E-state index in [4.69, 9.17) is 9.26 Å². The smallest absolute Gasteiger partial charge is 0.369 e. The summed E-state index contributed by atoms with van der Waals surface area (Å²) in [4.78, 5) is 21.7. The molecule has 1 heterocycles. The SMILES string of the molecule is COc1c(-c2ccc([N+](=O)[O-])cc2)c(=O)on1C. The number of methoxy groups -OCH3 is 1. The number of nitro groups is 1. The Labute approximate surface area is 101 Å². The van der Waals surface area contributed by atoms with Crippen molar-refractivity contribution in [2.75, 3.05) is 7.11 Å². The Morgan fingerprint density at radius 3 is 2.44 bits per heavy atom. The van der Waals surface area contributed by atoms with Crippen LogP contribution in [0.15, 0.2) is 33.6 Å². The van der Waals surface area contributed by atoms with Crippen LogP contribution in [-0.4, -0.2) is 16.8 Å². The first-order valence-corrected chi connectivity index (χ1v) is 5.03. The number of benzene rings is 1. The van der Waals surface area contributed by atoms with Gasteiger partial charge in [-0.05, 0) is 17.7 Å². The molecule has 0 spiro atoms. The minimum absolute atomic E-state index is 0.0435. The van der Waals surface area contributed by atoms with Crippen LogP contribution in [0.25, 0.3) is 11.1 Å². The van der Waals surface area contributed by atoms with Gasteiger partial charge in [-0.15, -0.1) is 0 Å². The number of nitro benzene ring substituents is 1. The maximum absolute atomic E-state index is 11.6. The third kappa shape index (κ3) is 1.86. The standard InChI is InChI=1S/C11H10N2O5/c1-12-10(17-2)9(11(14)18-12)7-3-5-8(6-4-7)13(15)16/h3-6H,1-2H3. The summed E-state index contributed by atoms with van der Waals surface area (Å²) in [6.45, 7) is 0. The third-order valence-corrected chi connectivity index (χ3v) is 2.48. The van der Waals surface area contributed by atoms with E-state index in [-0.39, 0.29) is 17.1 Å². The molecule has 0 bridgehead atoms. The van der Waals surface area contributed by atoms with Crippen molar-refractivity contribution in [3.8, 4) is 17.0 Å².